The van der Waals surface area contributed by atoms with Crippen LogP contribution in [-0.4, -0.2) is 42.5 Å². The molecule has 0 spiro atoms. The van der Waals surface area contributed by atoms with Gasteiger partial charge in [-0.25, -0.2) is 0 Å². The largest absolute Gasteiger partial charge is 0.376 e. The van der Waals surface area contributed by atoms with Gasteiger partial charge in [0, 0.05) is 24.0 Å². The van der Waals surface area contributed by atoms with Gasteiger partial charge in [0.25, 0.3) is 0 Å². The summed E-state index contributed by atoms with van der Waals surface area (Å²) in [6.07, 6.45) is 6.57. The molecule has 1 heterocycles. The molecule has 1 saturated carbocycles. The van der Waals surface area contributed by atoms with Crippen LogP contribution in [0.2, 0.25) is 5.02 Å². The molecule has 0 amide bonds. The first-order valence-electron chi connectivity index (χ1n) is 8.76. The number of likely N-dealkylation sites (tertiary alicyclic amines) is 1. The highest BCUT2D eigenvalue weighted by atomic mass is 35.5. The Morgan fingerprint density at radius 3 is 2.87 bits per heavy atom. The van der Waals surface area contributed by atoms with E-state index in [2.05, 4.69) is 17.9 Å². The predicted octanol–water partition coefficient (Wildman–Crippen LogP) is 3.79. The molecule has 126 valence electrons. The summed E-state index contributed by atoms with van der Waals surface area (Å²) >= 11 is 6.30. The average molecular weight is 336 g/mol. The summed E-state index contributed by atoms with van der Waals surface area (Å²) in [4.78, 5) is 13.9. The number of aryl methyl sites for hydroxylation is 1. The zero-order valence-corrected chi connectivity index (χ0v) is 14.6. The molecule has 0 bridgehead atoms. The third kappa shape index (κ3) is 4.14. The number of halogens is 1. The van der Waals surface area contributed by atoms with E-state index in [1.54, 1.807) is 0 Å². The lowest BCUT2D eigenvalue weighted by molar-refractivity contribution is -0.117. The van der Waals surface area contributed by atoms with E-state index < -0.39 is 0 Å². The molecule has 1 aliphatic heterocycles. The van der Waals surface area contributed by atoms with Crippen molar-refractivity contribution >= 4 is 17.4 Å². The van der Waals surface area contributed by atoms with Gasteiger partial charge >= 0.3 is 0 Å². The summed E-state index contributed by atoms with van der Waals surface area (Å²) in [5.74, 6) is 0.376. The number of ether oxygens (including phenoxy) is 1. The fourth-order valence-electron chi connectivity index (χ4n) is 3.92. The third-order valence-corrected chi connectivity index (χ3v) is 5.59. The Morgan fingerprint density at radius 2 is 2.13 bits per heavy atom. The van der Waals surface area contributed by atoms with Gasteiger partial charge in [0.05, 0.1) is 19.3 Å². The third-order valence-electron chi connectivity index (χ3n) is 5.23. The molecule has 1 aromatic rings. The van der Waals surface area contributed by atoms with E-state index in [-0.39, 0.29) is 6.10 Å². The van der Waals surface area contributed by atoms with Crippen molar-refractivity contribution in [1.82, 2.24) is 4.90 Å². The molecule has 2 atom stereocenters. The van der Waals surface area contributed by atoms with Crippen LogP contribution in [0.25, 0.3) is 0 Å². The number of Topliss-reactive ketones (excluding diaryl/α,β-unsaturated/α-hetero) is 1. The monoisotopic (exact) mass is 335 g/mol. The minimum absolute atomic E-state index is 0.262. The second-order valence-electron chi connectivity index (χ2n) is 6.81. The Bertz CT molecular complexity index is 540. The number of nitrogens with zero attached hydrogens (tertiary/aromatic N) is 1. The van der Waals surface area contributed by atoms with E-state index >= 15 is 0 Å². The van der Waals surface area contributed by atoms with Gasteiger partial charge in [-0.2, -0.15) is 0 Å². The topological polar surface area (TPSA) is 29.5 Å². The minimum Gasteiger partial charge on any atom is -0.376 e. The lowest BCUT2D eigenvalue weighted by Gasteiger charge is -2.37. The van der Waals surface area contributed by atoms with Crippen molar-refractivity contribution in [2.24, 2.45) is 0 Å². The Morgan fingerprint density at radius 1 is 1.30 bits per heavy atom. The van der Waals surface area contributed by atoms with Crippen LogP contribution in [0.4, 0.5) is 0 Å². The maximum Gasteiger partial charge on any atom is 0.148 e. The number of benzene rings is 1. The standard InChI is InChI=1S/C19H26ClNO2/c1-14-5-4-6-17(20)16(14)10-12-23-19-8-3-2-7-18(19)21-11-9-15(22)13-21/h4-6,18-19H,2-3,7-13H2,1H3. The van der Waals surface area contributed by atoms with Crippen LogP contribution in [0, 0.1) is 6.92 Å². The van der Waals surface area contributed by atoms with Crippen LogP contribution < -0.4 is 0 Å². The van der Waals surface area contributed by atoms with Gasteiger partial charge in [0.1, 0.15) is 5.78 Å². The van der Waals surface area contributed by atoms with Crippen LogP contribution in [0.3, 0.4) is 0 Å². The second kappa shape index (κ2) is 7.78. The normalized spacial score (nSPS) is 25.9. The van der Waals surface area contributed by atoms with Gasteiger partial charge in [0.15, 0.2) is 0 Å². The lowest BCUT2D eigenvalue weighted by Crippen LogP contribution is -2.45. The van der Waals surface area contributed by atoms with E-state index in [9.17, 15) is 4.79 Å². The molecule has 23 heavy (non-hydrogen) atoms. The first kappa shape index (κ1) is 16.9. The van der Waals surface area contributed by atoms with E-state index in [0.29, 0.717) is 31.4 Å². The highest BCUT2D eigenvalue weighted by Crippen LogP contribution is 2.28. The number of rotatable bonds is 5. The summed E-state index contributed by atoms with van der Waals surface area (Å²) in [6, 6.07) is 6.45. The van der Waals surface area contributed by atoms with Crippen molar-refractivity contribution in [2.75, 3.05) is 19.7 Å². The molecular weight excluding hydrogens is 310 g/mol. The van der Waals surface area contributed by atoms with Gasteiger partial charge in [0.2, 0.25) is 0 Å². The van der Waals surface area contributed by atoms with Crippen LogP contribution in [-0.2, 0) is 16.0 Å². The minimum atomic E-state index is 0.262. The Labute approximate surface area is 144 Å². The lowest BCUT2D eigenvalue weighted by atomic mass is 9.91. The molecule has 1 aliphatic carbocycles. The molecule has 2 fully saturated rings. The van der Waals surface area contributed by atoms with Crippen molar-refractivity contribution in [3.63, 3.8) is 0 Å². The summed E-state index contributed by atoms with van der Waals surface area (Å²) < 4.78 is 6.25. The molecular formula is C19H26ClNO2. The summed E-state index contributed by atoms with van der Waals surface area (Å²) in [5.41, 5.74) is 2.42. The van der Waals surface area contributed by atoms with Gasteiger partial charge in [-0.3, -0.25) is 9.69 Å². The number of ketones is 1. The summed E-state index contributed by atoms with van der Waals surface area (Å²) in [5, 5.41) is 0.832. The van der Waals surface area contributed by atoms with E-state index in [4.69, 9.17) is 16.3 Å². The van der Waals surface area contributed by atoms with Gasteiger partial charge in [-0.15, -0.1) is 0 Å². The number of hydrogen-bond donors (Lipinski definition) is 0. The summed E-state index contributed by atoms with van der Waals surface area (Å²) in [7, 11) is 0. The first-order valence-corrected chi connectivity index (χ1v) is 9.14. The zero-order valence-electron chi connectivity index (χ0n) is 13.9. The van der Waals surface area contributed by atoms with Crippen LogP contribution in [0.5, 0.6) is 0 Å². The Hall–Kier alpha value is -0.900. The molecule has 0 aromatic heterocycles. The quantitative estimate of drug-likeness (QED) is 0.819. The molecule has 0 N–H and O–H groups in total. The highest BCUT2D eigenvalue weighted by Gasteiger charge is 2.34. The van der Waals surface area contributed by atoms with Crippen molar-refractivity contribution in [1.29, 1.82) is 0 Å². The predicted molar refractivity (Wildman–Crippen MR) is 93.1 cm³/mol. The maximum atomic E-state index is 11.6. The Kier molecular flexibility index (Phi) is 5.73. The fourth-order valence-corrected chi connectivity index (χ4v) is 4.24. The van der Waals surface area contributed by atoms with E-state index in [1.165, 1.54) is 24.0 Å². The van der Waals surface area contributed by atoms with Gasteiger partial charge in [-0.05, 0) is 43.4 Å². The van der Waals surface area contributed by atoms with Crippen LogP contribution in [0.15, 0.2) is 18.2 Å². The van der Waals surface area contributed by atoms with Crippen molar-refractivity contribution in [2.45, 2.75) is 57.6 Å². The van der Waals surface area contributed by atoms with Crippen molar-refractivity contribution in [3.8, 4) is 0 Å². The van der Waals surface area contributed by atoms with E-state index in [1.807, 2.05) is 12.1 Å². The first-order chi connectivity index (χ1) is 11.1. The zero-order chi connectivity index (χ0) is 16.2. The van der Waals surface area contributed by atoms with Crippen LogP contribution in [0.1, 0.15) is 43.2 Å². The molecule has 0 radical (unpaired) electrons. The number of carbonyl (C=O) groups excluding carboxylic acids is 1. The van der Waals surface area contributed by atoms with Crippen molar-refractivity contribution < 1.29 is 9.53 Å². The molecule has 3 rings (SSSR count). The molecule has 1 saturated heterocycles. The molecule has 2 aliphatic rings. The number of carbonyl (C=O) groups is 1. The maximum absolute atomic E-state index is 11.6. The molecule has 4 heteroatoms. The highest BCUT2D eigenvalue weighted by molar-refractivity contribution is 6.31. The molecule has 3 nitrogen and oxygen atoms in total. The van der Waals surface area contributed by atoms with E-state index in [0.717, 1.165) is 30.8 Å². The molecule has 2 unspecified atom stereocenters. The molecule has 1 aromatic carbocycles. The van der Waals surface area contributed by atoms with Crippen molar-refractivity contribution in [3.05, 3.63) is 34.3 Å². The smallest absolute Gasteiger partial charge is 0.148 e. The second-order valence-corrected chi connectivity index (χ2v) is 7.21. The fraction of sp³-hybridized carbons (Fsp3) is 0.632. The number of hydrogen-bond acceptors (Lipinski definition) is 3. The SMILES string of the molecule is Cc1cccc(Cl)c1CCOC1CCCCC1N1CCC(=O)C1. The van der Waals surface area contributed by atoms with Gasteiger partial charge < -0.3 is 4.74 Å². The Balaban J connectivity index is 1.56. The van der Waals surface area contributed by atoms with Crippen LogP contribution >= 0.6 is 11.6 Å². The summed E-state index contributed by atoms with van der Waals surface area (Å²) in [6.45, 7) is 4.33. The van der Waals surface area contributed by atoms with Gasteiger partial charge in [-0.1, -0.05) is 36.6 Å². The average Bonchev–Trinajstić information content (AvgIpc) is 2.97.